The molecule has 0 aliphatic carbocycles. The summed E-state index contributed by atoms with van der Waals surface area (Å²) in [6.07, 6.45) is 3.37. The van der Waals surface area contributed by atoms with Crippen LogP contribution in [-0.4, -0.2) is 17.7 Å². The van der Waals surface area contributed by atoms with E-state index in [0.717, 1.165) is 18.1 Å². The van der Waals surface area contributed by atoms with Gasteiger partial charge in [0.15, 0.2) is 0 Å². The van der Waals surface area contributed by atoms with E-state index in [1.165, 1.54) is 0 Å². The molecule has 0 aromatic heterocycles. The van der Waals surface area contributed by atoms with Crippen molar-refractivity contribution in [3.63, 3.8) is 0 Å². The van der Waals surface area contributed by atoms with Crippen LogP contribution in [0.15, 0.2) is 24.3 Å². The Bertz CT molecular complexity index is 269. The van der Waals surface area contributed by atoms with Gasteiger partial charge in [-0.3, -0.25) is 0 Å². The van der Waals surface area contributed by atoms with Gasteiger partial charge in [0, 0.05) is 12.8 Å². The van der Waals surface area contributed by atoms with Gasteiger partial charge in [0.1, 0.15) is 18.3 Å². The Balaban J connectivity index is 0.000000265. The molecule has 15 heavy (non-hydrogen) atoms. The van der Waals surface area contributed by atoms with Crippen molar-refractivity contribution in [3.8, 4) is 5.75 Å². The molecular formula is C12H16O3. The first-order chi connectivity index (χ1) is 7.20. The van der Waals surface area contributed by atoms with Gasteiger partial charge in [-0.05, 0) is 31.0 Å². The second kappa shape index (κ2) is 8.94. The zero-order valence-corrected chi connectivity index (χ0v) is 8.85. The van der Waals surface area contributed by atoms with Crippen molar-refractivity contribution in [1.29, 1.82) is 0 Å². The van der Waals surface area contributed by atoms with Crippen LogP contribution >= 0.6 is 0 Å². The molecule has 82 valence electrons. The molecule has 0 unspecified atom stereocenters. The number of hydrogen-bond donors (Lipinski definition) is 1. The minimum Gasteiger partial charge on any atom is -0.508 e. The molecule has 1 aromatic carbocycles. The van der Waals surface area contributed by atoms with Crippen LogP contribution in [0.5, 0.6) is 5.75 Å². The number of benzene rings is 1. The smallest absolute Gasteiger partial charge is 0.120 e. The number of aromatic hydroxyl groups is 1. The summed E-state index contributed by atoms with van der Waals surface area (Å²) in [7, 11) is 0. The van der Waals surface area contributed by atoms with E-state index in [-0.39, 0.29) is 0 Å². The fourth-order valence-electron chi connectivity index (χ4n) is 0.912. The maximum Gasteiger partial charge on any atom is 0.120 e. The van der Waals surface area contributed by atoms with Crippen molar-refractivity contribution in [2.75, 3.05) is 0 Å². The van der Waals surface area contributed by atoms with E-state index in [1.54, 1.807) is 12.1 Å². The highest BCUT2D eigenvalue weighted by Gasteiger charge is 1.83. The van der Waals surface area contributed by atoms with Crippen molar-refractivity contribution < 1.29 is 14.7 Å². The summed E-state index contributed by atoms with van der Waals surface area (Å²) in [5.74, 6) is 0.338. The van der Waals surface area contributed by atoms with E-state index in [0.29, 0.717) is 25.0 Å². The summed E-state index contributed by atoms with van der Waals surface area (Å²) in [6.45, 7) is 1.94. The molecule has 0 saturated carbocycles. The summed E-state index contributed by atoms with van der Waals surface area (Å²) >= 11 is 0. The topological polar surface area (TPSA) is 54.4 Å². The monoisotopic (exact) mass is 208 g/mol. The molecule has 0 aliphatic heterocycles. The lowest BCUT2D eigenvalue weighted by atomic mass is 10.2. The fraction of sp³-hybridized carbons (Fsp3) is 0.333. The third kappa shape index (κ3) is 8.68. The Morgan fingerprint density at radius 1 is 1.20 bits per heavy atom. The summed E-state index contributed by atoms with van der Waals surface area (Å²) in [6, 6.07) is 7.15. The summed E-state index contributed by atoms with van der Waals surface area (Å²) in [5.41, 5.74) is 1.09. The SMILES string of the molecule is Cc1cccc(O)c1.O=CCCCC=O. The van der Waals surface area contributed by atoms with Gasteiger partial charge < -0.3 is 14.7 Å². The zero-order valence-electron chi connectivity index (χ0n) is 8.85. The third-order valence-electron chi connectivity index (χ3n) is 1.65. The Hall–Kier alpha value is -1.64. The van der Waals surface area contributed by atoms with Crippen molar-refractivity contribution in [1.82, 2.24) is 0 Å². The standard InChI is InChI=1S/C7H8O.C5H8O2/c1-6-3-2-4-7(8)5-6;6-4-2-1-3-5-7/h2-5,8H,1H3;4-5H,1-3H2. The second-order valence-corrected chi connectivity index (χ2v) is 3.10. The van der Waals surface area contributed by atoms with Crippen molar-refractivity contribution in [3.05, 3.63) is 29.8 Å². The van der Waals surface area contributed by atoms with Crippen LogP contribution in [0.4, 0.5) is 0 Å². The molecule has 0 bridgehead atoms. The van der Waals surface area contributed by atoms with Gasteiger partial charge in [-0.15, -0.1) is 0 Å². The Morgan fingerprint density at radius 2 is 1.80 bits per heavy atom. The quantitative estimate of drug-likeness (QED) is 0.610. The number of phenolic OH excluding ortho intramolecular Hbond substituents is 1. The zero-order chi connectivity index (χ0) is 11.5. The lowest BCUT2D eigenvalue weighted by Crippen LogP contribution is -1.76. The second-order valence-electron chi connectivity index (χ2n) is 3.10. The number of unbranched alkanes of at least 4 members (excludes halogenated alkanes) is 2. The predicted molar refractivity (Wildman–Crippen MR) is 58.8 cm³/mol. The van der Waals surface area contributed by atoms with Crippen molar-refractivity contribution in [2.24, 2.45) is 0 Å². The van der Waals surface area contributed by atoms with E-state index in [9.17, 15) is 9.59 Å². The molecule has 0 amide bonds. The first-order valence-electron chi connectivity index (χ1n) is 4.83. The normalized spacial score (nSPS) is 8.60. The fourth-order valence-corrected chi connectivity index (χ4v) is 0.912. The average molecular weight is 208 g/mol. The van der Waals surface area contributed by atoms with E-state index < -0.39 is 0 Å². The van der Waals surface area contributed by atoms with E-state index in [4.69, 9.17) is 5.11 Å². The van der Waals surface area contributed by atoms with Crippen LogP contribution in [-0.2, 0) is 9.59 Å². The maximum atomic E-state index is 9.56. The van der Waals surface area contributed by atoms with E-state index in [2.05, 4.69) is 0 Å². The molecular weight excluding hydrogens is 192 g/mol. The number of hydrogen-bond acceptors (Lipinski definition) is 3. The highest BCUT2D eigenvalue weighted by Crippen LogP contribution is 2.08. The number of aryl methyl sites for hydroxylation is 1. The molecule has 1 N–H and O–H groups in total. The molecule has 1 aromatic rings. The van der Waals surface area contributed by atoms with Gasteiger partial charge in [-0.25, -0.2) is 0 Å². The van der Waals surface area contributed by atoms with Crippen LogP contribution < -0.4 is 0 Å². The highest BCUT2D eigenvalue weighted by atomic mass is 16.3. The van der Waals surface area contributed by atoms with Crippen LogP contribution in [0.2, 0.25) is 0 Å². The van der Waals surface area contributed by atoms with Crippen LogP contribution in [0.25, 0.3) is 0 Å². The molecule has 3 heteroatoms. The van der Waals surface area contributed by atoms with Gasteiger partial charge >= 0.3 is 0 Å². The Labute approximate surface area is 89.7 Å². The first kappa shape index (κ1) is 13.4. The van der Waals surface area contributed by atoms with Crippen molar-refractivity contribution >= 4 is 12.6 Å². The molecule has 0 spiro atoms. The maximum absolute atomic E-state index is 9.56. The number of phenols is 1. The number of carbonyl (C=O) groups is 2. The summed E-state index contributed by atoms with van der Waals surface area (Å²) in [4.78, 5) is 19.1. The number of carbonyl (C=O) groups excluding carboxylic acids is 2. The van der Waals surface area contributed by atoms with Gasteiger partial charge in [-0.2, -0.15) is 0 Å². The average Bonchev–Trinajstić information content (AvgIpc) is 2.19. The molecule has 1 rings (SSSR count). The minimum absolute atomic E-state index is 0.338. The molecule has 3 nitrogen and oxygen atoms in total. The molecule has 0 radical (unpaired) electrons. The lowest BCUT2D eigenvalue weighted by molar-refractivity contribution is -0.108. The Morgan fingerprint density at radius 3 is 2.13 bits per heavy atom. The van der Waals surface area contributed by atoms with Gasteiger partial charge in [0.05, 0.1) is 0 Å². The number of aldehydes is 2. The van der Waals surface area contributed by atoms with E-state index in [1.807, 2.05) is 19.1 Å². The number of rotatable bonds is 4. The highest BCUT2D eigenvalue weighted by molar-refractivity contribution is 5.52. The molecule has 0 fully saturated rings. The molecule has 0 saturated heterocycles. The predicted octanol–water partition coefficient (Wildman–Crippen LogP) is 2.26. The third-order valence-corrected chi connectivity index (χ3v) is 1.65. The minimum atomic E-state index is 0.338. The molecule has 0 aliphatic rings. The largest absolute Gasteiger partial charge is 0.508 e. The van der Waals surface area contributed by atoms with Crippen molar-refractivity contribution in [2.45, 2.75) is 26.2 Å². The molecule has 0 heterocycles. The van der Waals surface area contributed by atoms with Crippen LogP contribution in [0, 0.1) is 6.92 Å². The summed E-state index contributed by atoms with van der Waals surface area (Å²) < 4.78 is 0. The Kier molecular flexibility index (Phi) is 7.96. The first-order valence-corrected chi connectivity index (χ1v) is 4.83. The molecule has 0 atom stereocenters. The lowest BCUT2D eigenvalue weighted by Gasteiger charge is -1.89. The van der Waals surface area contributed by atoms with Gasteiger partial charge in [-0.1, -0.05) is 12.1 Å². The van der Waals surface area contributed by atoms with Gasteiger partial charge in [0.2, 0.25) is 0 Å². The van der Waals surface area contributed by atoms with E-state index >= 15 is 0 Å². The van der Waals surface area contributed by atoms with Crippen LogP contribution in [0.3, 0.4) is 0 Å². The van der Waals surface area contributed by atoms with Gasteiger partial charge in [0.25, 0.3) is 0 Å². The van der Waals surface area contributed by atoms with Crippen LogP contribution in [0.1, 0.15) is 24.8 Å². The summed E-state index contributed by atoms with van der Waals surface area (Å²) in [5, 5.41) is 8.81.